The molecule has 0 spiro atoms. The van der Waals surface area contributed by atoms with Crippen molar-refractivity contribution in [1.29, 1.82) is 0 Å². The van der Waals surface area contributed by atoms with E-state index in [9.17, 15) is 0 Å². The van der Waals surface area contributed by atoms with Gasteiger partial charge in [0.2, 0.25) is 0 Å². The van der Waals surface area contributed by atoms with Crippen LogP contribution < -0.4 is 5.73 Å². The SMILES string of the molecule is COC[C@@H](N)c1ccc(Br)c(Cl)c1. The maximum Gasteiger partial charge on any atom is 0.0655 e. The molecule has 0 aromatic heterocycles. The van der Waals surface area contributed by atoms with Crippen LogP contribution in [0.25, 0.3) is 0 Å². The highest BCUT2D eigenvalue weighted by atomic mass is 79.9. The van der Waals surface area contributed by atoms with Gasteiger partial charge in [-0.2, -0.15) is 0 Å². The predicted molar refractivity (Wildman–Crippen MR) is 58.0 cm³/mol. The second-order valence-corrected chi connectivity index (χ2v) is 4.00. The number of ether oxygens (including phenoxy) is 1. The molecule has 1 aromatic rings. The third-order valence-corrected chi connectivity index (χ3v) is 2.95. The summed E-state index contributed by atoms with van der Waals surface area (Å²) >= 11 is 9.23. The second-order valence-electron chi connectivity index (χ2n) is 2.74. The van der Waals surface area contributed by atoms with E-state index in [1.807, 2.05) is 18.2 Å². The van der Waals surface area contributed by atoms with Crippen molar-refractivity contribution in [3.8, 4) is 0 Å². The average Bonchev–Trinajstić information content (AvgIpc) is 2.10. The predicted octanol–water partition coefficient (Wildman–Crippen LogP) is 2.75. The Morgan fingerprint density at radius 3 is 2.85 bits per heavy atom. The summed E-state index contributed by atoms with van der Waals surface area (Å²) in [4.78, 5) is 0. The molecule has 0 unspecified atom stereocenters. The van der Waals surface area contributed by atoms with Gasteiger partial charge in [0.25, 0.3) is 0 Å². The summed E-state index contributed by atoms with van der Waals surface area (Å²) in [6.07, 6.45) is 0. The van der Waals surface area contributed by atoms with Gasteiger partial charge >= 0.3 is 0 Å². The van der Waals surface area contributed by atoms with E-state index in [1.165, 1.54) is 0 Å². The van der Waals surface area contributed by atoms with Crippen LogP contribution in [0.4, 0.5) is 0 Å². The largest absolute Gasteiger partial charge is 0.383 e. The van der Waals surface area contributed by atoms with Gasteiger partial charge in [0.1, 0.15) is 0 Å². The van der Waals surface area contributed by atoms with E-state index in [1.54, 1.807) is 7.11 Å². The van der Waals surface area contributed by atoms with Gasteiger partial charge in [-0.25, -0.2) is 0 Å². The molecule has 1 rings (SSSR count). The summed E-state index contributed by atoms with van der Waals surface area (Å²) in [5.74, 6) is 0. The van der Waals surface area contributed by atoms with E-state index >= 15 is 0 Å². The molecule has 13 heavy (non-hydrogen) atoms. The van der Waals surface area contributed by atoms with Crippen molar-refractivity contribution in [2.75, 3.05) is 13.7 Å². The van der Waals surface area contributed by atoms with Crippen LogP contribution in [0.5, 0.6) is 0 Å². The lowest BCUT2D eigenvalue weighted by Crippen LogP contribution is -2.15. The minimum absolute atomic E-state index is 0.115. The molecule has 0 saturated heterocycles. The highest BCUT2D eigenvalue weighted by Gasteiger charge is 2.06. The Balaban J connectivity index is 2.84. The molecule has 0 bridgehead atoms. The molecule has 0 fully saturated rings. The van der Waals surface area contributed by atoms with E-state index in [2.05, 4.69) is 15.9 Å². The summed E-state index contributed by atoms with van der Waals surface area (Å²) in [6.45, 7) is 0.498. The Bertz CT molecular complexity index is 293. The molecule has 0 amide bonds. The fraction of sp³-hybridized carbons (Fsp3) is 0.333. The van der Waals surface area contributed by atoms with Crippen molar-refractivity contribution in [2.45, 2.75) is 6.04 Å². The zero-order chi connectivity index (χ0) is 9.84. The number of nitrogens with two attached hydrogens (primary N) is 1. The summed E-state index contributed by atoms with van der Waals surface area (Å²) in [6, 6.07) is 5.54. The summed E-state index contributed by atoms with van der Waals surface area (Å²) in [7, 11) is 1.63. The Hall–Kier alpha value is -0.0900. The molecule has 0 aliphatic carbocycles. The minimum Gasteiger partial charge on any atom is -0.383 e. The first-order valence-corrected chi connectivity index (χ1v) is 5.01. The lowest BCUT2D eigenvalue weighted by Gasteiger charge is -2.11. The zero-order valence-electron chi connectivity index (χ0n) is 7.26. The first-order chi connectivity index (χ1) is 6.15. The molecule has 1 atom stereocenters. The van der Waals surface area contributed by atoms with Crippen LogP contribution in [0.1, 0.15) is 11.6 Å². The standard InChI is InChI=1S/C9H11BrClNO/c1-13-5-9(12)6-2-3-7(10)8(11)4-6/h2-4,9H,5,12H2,1H3/t9-/m1/s1. The van der Waals surface area contributed by atoms with Crippen molar-refractivity contribution >= 4 is 27.5 Å². The molecule has 72 valence electrons. The fourth-order valence-corrected chi connectivity index (χ4v) is 1.45. The van der Waals surface area contributed by atoms with Gasteiger partial charge in [-0.1, -0.05) is 17.7 Å². The molecule has 2 N–H and O–H groups in total. The van der Waals surface area contributed by atoms with Crippen molar-refractivity contribution in [3.63, 3.8) is 0 Å². The maximum atomic E-state index is 5.91. The van der Waals surface area contributed by atoms with Gasteiger partial charge in [-0.15, -0.1) is 0 Å². The van der Waals surface area contributed by atoms with E-state index in [0.717, 1.165) is 10.0 Å². The maximum absolute atomic E-state index is 5.91. The number of hydrogen-bond donors (Lipinski definition) is 1. The number of hydrogen-bond acceptors (Lipinski definition) is 2. The van der Waals surface area contributed by atoms with Crippen molar-refractivity contribution in [1.82, 2.24) is 0 Å². The summed E-state index contributed by atoms with van der Waals surface area (Å²) in [5, 5.41) is 0.670. The Kier molecular flexibility index (Phi) is 4.19. The summed E-state index contributed by atoms with van der Waals surface area (Å²) in [5.41, 5.74) is 6.81. The van der Waals surface area contributed by atoms with Crippen LogP contribution in [-0.4, -0.2) is 13.7 Å². The van der Waals surface area contributed by atoms with Crippen LogP contribution in [0.15, 0.2) is 22.7 Å². The Labute approximate surface area is 91.2 Å². The van der Waals surface area contributed by atoms with E-state index in [4.69, 9.17) is 22.1 Å². The van der Waals surface area contributed by atoms with Gasteiger partial charge in [-0.05, 0) is 33.6 Å². The first kappa shape index (κ1) is 11.0. The Morgan fingerprint density at radius 2 is 2.31 bits per heavy atom. The van der Waals surface area contributed by atoms with Crippen LogP contribution in [0.2, 0.25) is 5.02 Å². The van der Waals surface area contributed by atoms with Gasteiger partial charge in [0, 0.05) is 11.6 Å². The van der Waals surface area contributed by atoms with E-state index < -0.39 is 0 Å². The van der Waals surface area contributed by atoms with E-state index in [-0.39, 0.29) is 6.04 Å². The number of methoxy groups -OCH3 is 1. The smallest absolute Gasteiger partial charge is 0.0655 e. The molecule has 0 aliphatic rings. The number of halogens is 2. The van der Waals surface area contributed by atoms with Crippen molar-refractivity contribution < 1.29 is 4.74 Å². The Morgan fingerprint density at radius 1 is 1.62 bits per heavy atom. The number of rotatable bonds is 3. The molecule has 0 radical (unpaired) electrons. The third-order valence-electron chi connectivity index (χ3n) is 1.72. The summed E-state index contributed by atoms with van der Waals surface area (Å²) < 4.78 is 5.83. The average molecular weight is 265 g/mol. The van der Waals surface area contributed by atoms with Crippen LogP contribution >= 0.6 is 27.5 Å². The van der Waals surface area contributed by atoms with Gasteiger partial charge in [-0.3, -0.25) is 0 Å². The lowest BCUT2D eigenvalue weighted by atomic mass is 10.1. The highest BCUT2D eigenvalue weighted by molar-refractivity contribution is 9.10. The molecular formula is C9H11BrClNO. The minimum atomic E-state index is -0.115. The number of benzene rings is 1. The second kappa shape index (κ2) is 4.96. The molecule has 0 heterocycles. The first-order valence-electron chi connectivity index (χ1n) is 3.84. The topological polar surface area (TPSA) is 35.2 Å². The zero-order valence-corrected chi connectivity index (χ0v) is 9.60. The molecule has 0 aliphatic heterocycles. The van der Waals surface area contributed by atoms with Gasteiger partial charge in [0.05, 0.1) is 17.7 Å². The normalized spacial score (nSPS) is 12.9. The molecule has 1 aromatic carbocycles. The van der Waals surface area contributed by atoms with Crippen LogP contribution in [0, 0.1) is 0 Å². The molecular weight excluding hydrogens is 253 g/mol. The lowest BCUT2D eigenvalue weighted by molar-refractivity contribution is 0.181. The quantitative estimate of drug-likeness (QED) is 0.911. The van der Waals surface area contributed by atoms with Crippen LogP contribution in [0.3, 0.4) is 0 Å². The van der Waals surface area contributed by atoms with E-state index in [0.29, 0.717) is 11.6 Å². The molecule has 2 nitrogen and oxygen atoms in total. The third kappa shape index (κ3) is 2.95. The van der Waals surface area contributed by atoms with Gasteiger partial charge < -0.3 is 10.5 Å². The monoisotopic (exact) mass is 263 g/mol. The van der Waals surface area contributed by atoms with Crippen molar-refractivity contribution in [3.05, 3.63) is 33.3 Å². The highest BCUT2D eigenvalue weighted by Crippen LogP contribution is 2.25. The molecule has 4 heteroatoms. The van der Waals surface area contributed by atoms with Crippen LogP contribution in [-0.2, 0) is 4.74 Å². The van der Waals surface area contributed by atoms with Crippen molar-refractivity contribution in [2.24, 2.45) is 5.73 Å². The van der Waals surface area contributed by atoms with Gasteiger partial charge in [0.15, 0.2) is 0 Å². The fourth-order valence-electron chi connectivity index (χ4n) is 1.02. The molecule has 0 saturated carbocycles.